The molecule has 5 heterocycles. The van der Waals surface area contributed by atoms with Crippen molar-refractivity contribution in [1.29, 1.82) is 0 Å². The lowest BCUT2D eigenvalue weighted by Crippen LogP contribution is -2.61. The molecule has 5 aliphatic heterocycles. The standard InChI is InChI=1S/C24H25F2N3O/c25-20-6-5-17(13-21(20)26)22-19-4-2-1-3-16(19)7-12-29(22)23-27-14-24(30-23)15-28-10-8-18(24)9-11-28/h1-6,13,18,22H,7-12,14-15H2/t22-,24+/m1/s1. The number of nitrogens with zero attached hydrogens (tertiary/aromatic N) is 3. The summed E-state index contributed by atoms with van der Waals surface area (Å²) in [5.74, 6) is -1.10. The molecule has 6 heteroatoms. The quantitative estimate of drug-likeness (QED) is 0.718. The Morgan fingerprint density at radius 2 is 1.83 bits per heavy atom. The van der Waals surface area contributed by atoms with E-state index in [0.29, 0.717) is 18.5 Å². The van der Waals surface area contributed by atoms with Crippen LogP contribution >= 0.6 is 0 Å². The fourth-order valence-corrected chi connectivity index (χ4v) is 5.83. The molecule has 0 aromatic heterocycles. The zero-order valence-electron chi connectivity index (χ0n) is 16.9. The highest BCUT2D eigenvalue weighted by atomic mass is 19.2. The number of hydrogen-bond donors (Lipinski definition) is 0. The zero-order valence-corrected chi connectivity index (χ0v) is 16.9. The van der Waals surface area contributed by atoms with Crippen molar-refractivity contribution in [2.45, 2.75) is 30.9 Å². The summed E-state index contributed by atoms with van der Waals surface area (Å²) < 4.78 is 34.4. The minimum atomic E-state index is -0.824. The van der Waals surface area contributed by atoms with Gasteiger partial charge in [0, 0.05) is 19.0 Å². The van der Waals surface area contributed by atoms with Crippen molar-refractivity contribution in [3.63, 3.8) is 0 Å². The van der Waals surface area contributed by atoms with Gasteiger partial charge >= 0.3 is 0 Å². The van der Waals surface area contributed by atoms with E-state index < -0.39 is 11.6 Å². The van der Waals surface area contributed by atoms with Crippen molar-refractivity contribution < 1.29 is 13.5 Å². The van der Waals surface area contributed by atoms with Crippen LogP contribution in [0.5, 0.6) is 0 Å². The van der Waals surface area contributed by atoms with Gasteiger partial charge < -0.3 is 9.64 Å². The largest absolute Gasteiger partial charge is 0.455 e. The van der Waals surface area contributed by atoms with Crippen LogP contribution in [0, 0.1) is 17.6 Å². The van der Waals surface area contributed by atoms with Crippen LogP contribution in [0.4, 0.5) is 8.78 Å². The lowest BCUT2D eigenvalue weighted by Gasteiger charge is -2.50. The SMILES string of the molecule is Fc1ccc([C@@H]2c3ccccc3CCN2C2=NC[C@@]3(CN4CCC3CC4)O2)cc1F. The molecule has 0 N–H and O–H groups in total. The molecule has 2 aromatic carbocycles. The number of halogens is 2. The summed E-state index contributed by atoms with van der Waals surface area (Å²) >= 11 is 0. The van der Waals surface area contributed by atoms with Crippen molar-refractivity contribution in [3.05, 3.63) is 70.8 Å². The molecule has 0 saturated carbocycles. The maximum Gasteiger partial charge on any atom is 0.288 e. The summed E-state index contributed by atoms with van der Waals surface area (Å²) in [5, 5.41) is 0. The molecule has 0 amide bonds. The first-order valence-electron chi connectivity index (χ1n) is 10.9. The van der Waals surface area contributed by atoms with Crippen molar-refractivity contribution in [3.8, 4) is 0 Å². The second-order valence-corrected chi connectivity index (χ2v) is 9.03. The van der Waals surface area contributed by atoms with E-state index in [1.54, 1.807) is 6.07 Å². The van der Waals surface area contributed by atoms with Gasteiger partial charge in [-0.1, -0.05) is 30.3 Å². The molecule has 2 bridgehead atoms. The lowest BCUT2D eigenvalue weighted by atomic mass is 9.75. The highest BCUT2D eigenvalue weighted by molar-refractivity contribution is 5.78. The smallest absolute Gasteiger partial charge is 0.288 e. The number of benzene rings is 2. The van der Waals surface area contributed by atoms with Gasteiger partial charge in [0.25, 0.3) is 6.02 Å². The normalized spacial score (nSPS) is 32.1. The average Bonchev–Trinajstić information content (AvgIpc) is 3.19. The third-order valence-electron chi connectivity index (χ3n) is 7.39. The molecule has 0 unspecified atom stereocenters. The van der Waals surface area contributed by atoms with Gasteiger partial charge in [-0.3, -0.25) is 4.90 Å². The Bertz CT molecular complexity index is 1020. The van der Waals surface area contributed by atoms with Crippen molar-refractivity contribution in [2.24, 2.45) is 10.9 Å². The van der Waals surface area contributed by atoms with Gasteiger partial charge in [-0.25, -0.2) is 13.8 Å². The predicted molar refractivity (Wildman–Crippen MR) is 110 cm³/mol. The molecule has 3 fully saturated rings. The summed E-state index contributed by atoms with van der Waals surface area (Å²) in [6, 6.07) is 12.9. The summed E-state index contributed by atoms with van der Waals surface area (Å²) in [7, 11) is 0. The number of aliphatic imine (C=N–C) groups is 1. The summed E-state index contributed by atoms with van der Waals surface area (Å²) in [4.78, 5) is 9.51. The van der Waals surface area contributed by atoms with Crippen LogP contribution in [0.25, 0.3) is 0 Å². The van der Waals surface area contributed by atoms with Gasteiger partial charge in [0.2, 0.25) is 0 Å². The first-order valence-corrected chi connectivity index (χ1v) is 10.9. The van der Waals surface area contributed by atoms with Crippen molar-refractivity contribution in [1.82, 2.24) is 9.80 Å². The van der Waals surface area contributed by atoms with E-state index in [1.807, 2.05) is 12.1 Å². The Labute approximate surface area is 175 Å². The van der Waals surface area contributed by atoms with Gasteiger partial charge in [0.1, 0.15) is 5.60 Å². The molecule has 0 radical (unpaired) electrons. The second kappa shape index (κ2) is 6.77. The van der Waals surface area contributed by atoms with E-state index in [1.165, 1.54) is 17.7 Å². The monoisotopic (exact) mass is 409 g/mol. The zero-order chi connectivity index (χ0) is 20.3. The average molecular weight is 409 g/mol. The first-order chi connectivity index (χ1) is 14.6. The van der Waals surface area contributed by atoms with Crippen LogP contribution in [-0.4, -0.2) is 54.1 Å². The Morgan fingerprint density at radius 3 is 2.60 bits per heavy atom. The fraction of sp³-hybridized carbons (Fsp3) is 0.458. The van der Waals surface area contributed by atoms with Crippen LogP contribution in [0.15, 0.2) is 47.5 Å². The van der Waals surface area contributed by atoms with Gasteiger partial charge in [-0.15, -0.1) is 0 Å². The number of amidine groups is 1. The second-order valence-electron chi connectivity index (χ2n) is 9.03. The predicted octanol–water partition coefficient (Wildman–Crippen LogP) is 3.76. The van der Waals surface area contributed by atoms with E-state index in [9.17, 15) is 8.78 Å². The van der Waals surface area contributed by atoms with E-state index in [-0.39, 0.29) is 11.6 Å². The van der Waals surface area contributed by atoms with E-state index in [2.05, 4.69) is 21.9 Å². The molecule has 1 spiro atoms. The molecule has 4 nitrogen and oxygen atoms in total. The van der Waals surface area contributed by atoms with Gasteiger partial charge in [0.15, 0.2) is 11.6 Å². The number of ether oxygens (including phenoxy) is 1. The fourth-order valence-electron chi connectivity index (χ4n) is 5.83. The Kier molecular flexibility index (Phi) is 4.13. The summed E-state index contributed by atoms with van der Waals surface area (Å²) in [6.07, 6.45) is 3.21. The van der Waals surface area contributed by atoms with Crippen LogP contribution in [0.2, 0.25) is 0 Å². The van der Waals surface area contributed by atoms with E-state index in [0.717, 1.165) is 56.6 Å². The molecule has 2 atom stereocenters. The van der Waals surface area contributed by atoms with Crippen LogP contribution in [-0.2, 0) is 11.2 Å². The highest BCUT2D eigenvalue weighted by Gasteiger charge is 2.53. The van der Waals surface area contributed by atoms with Gasteiger partial charge in [-0.05, 0) is 61.2 Å². The first kappa shape index (κ1) is 18.3. The minimum Gasteiger partial charge on any atom is -0.455 e. The van der Waals surface area contributed by atoms with Crippen LogP contribution in [0.3, 0.4) is 0 Å². The molecular weight excluding hydrogens is 384 g/mol. The molecule has 3 saturated heterocycles. The summed E-state index contributed by atoms with van der Waals surface area (Å²) in [5.41, 5.74) is 2.85. The number of piperidine rings is 3. The summed E-state index contributed by atoms with van der Waals surface area (Å²) in [6.45, 7) is 4.67. The molecular formula is C24H25F2N3O. The van der Waals surface area contributed by atoms with Crippen LogP contribution in [0.1, 0.15) is 35.6 Å². The molecule has 5 aliphatic rings. The number of fused-ring (bicyclic) bond motifs is 3. The van der Waals surface area contributed by atoms with Crippen LogP contribution < -0.4 is 0 Å². The van der Waals surface area contributed by atoms with Crippen molar-refractivity contribution in [2.75, 3.05) is 32.7 Å². The molecule has 7 rings (SSSR count). The Balaban J connectivity index is 1.37. The maximum atomic E-state index is 14.1. The third-order valence-corrected chi connectivity index (χ3v) is 7.39. The van der Waals surface area contributed by atoms with Gasteiger partial charge in [-0.2, -0.15) is 0 Å². The third kappa shape index (κ3) is 2.77. The molecule has 156 valence electrons. The number of hydrogen-bond acceptors (Lipinski definition) is 4. The van der Waals surface area contributed by atoms with E-state index >= 15 is 0 Å². The minimum absolute atomic E-state index is 0.221. The topological polar surface area (TPSA) is 28.1 Å². The lowest BCUT2D eigenvalue weighted by molar-refractivity contribution is -0.0895. The molecule has 2 aromatic rings. The van der Waals surface area contributed by atoms with E-state index in [4.69, 9.17) is 9.73 Å². The number of rotatable bonds is 1. The van der Waals surface area contributed by atoms with Gasteiger partial charge in [0.05, 0.1) is 12.6 Å². The maximum absolute atomic E-state index is 14.1. The Morgan fingerprint density at radius 1 is 1.00 bits per heavy atom. The van der Waals surface area contributed by atoms with Crippen molar-refractivity contribution >= 4 is 6.02 Å². The Hall–Kier alpha value is -2.47. The molecule has 0 aliphatic carbocycles. The molecule has 30 heavy (non-hydrogen) atoms. The highest BCUT2D eigenvalue weighted by Crippen LogP contribution is 2.43.